The second-order valence-electron chi connectivity index (χ2n) is 6.68. The standard InChI is InChI=1S/C22H22FN3O4/c1-2-11-24-21(28)13-26-18-12-17(8-9-19(18)30-14-22(26)29)25-20(27)10-5-15-3-6-16(23)7-4-15/h3-10,12H,2,11,13-14H2,1H3,(H,24,28)(H,25,27)/b10-5+. The van der Waals surface area contributed by atoms with E-state index in [4.69, 9.17) is 4.74 Å². The van der Waals surface area contributed by atoms with Crippen LogP contribution < -0.4 is 20.3 Å². The van der Waals surface area contributed by atoms with E-state index in [2.05, 4.69) is 10.6 Å². The first-order valence-electron chi connectivity index (χ1n) is 9.55. The predicted octanol–water partition coefficient (Wildman–Crippen LogP) is 2.73. The minimum Gasteiger partial charge on any atom is -0.482 e. The van der Waals surface area contributed by atoms with Gasteiger partial charge >= 0.3 is 0 Å². The van der Waals surface area contributed by atoms with Crippen LogP contribution in [0.1, 0.15) is 18.9 Å². The summed E-state index contributed by atoms with van der Waals surface area (Å²) in [4.78, 5) is 37.9. The van der Waals surface area contributed by atoms with Gasteiger partial charge in [-0.1, -0.05) is 19.1 Å². The lowest BCUT2D eigenvalue weighted by molar-refractivity contribution is -0.125. The number of nitrogens with zero attached hydrogens (tertiary/aromatic N) is 1. The number of anilines is 2. The van der Waals surface area contributed by atoms with E-state index in [-0.39, 0.29) is 30.8 Å². The molecule has 0 bridgehead atoms. The smallest absolute Gasteiger partial charge is 0.265 e. The monoisotopic (exact) mass is 411 g/mol. The van der Waals surface area contributed by atoms with Gasteiger partial charge in [-0.2, -0.15) is 0 Å². The molecule has 156 valence electrons. The average Bonchev–Trinajstić information content (AvgIpc) is 2.74. The van der Waals surface area contributed by atoms with Gasteiger partial charge in [0.25, 0.3) is 5.91 Å². The van der Waals surface area contributed by atoms with E-state index in [1.165, 1.54) is 23.1 Å². The van der Waals surface area contributed by atoms with Crippen molar-refractivity contribution >= 4 is 35.2 Å². The maximum atomic E-state index is 12.9. The van der Waals surface area contributed by atoms with E-state index in [0.29, 0.717) is 29.2 Å². The van der Waals surface area contributed by atoms with Crippen molar-refractivity contribution in [1.29, 1.82) is 0 Å². The molecule has 0 saturated heterocycles. The molecule has 30 heavy (non-hydrogen) atoms. The molecule has 7 nitrogen and oxygen atoms in total. The van der Waals surface area contributed by atoms with Crippen LogP contribution in [0.3, 0.4) is 0 Å². The first kappa shape index (κ1) is 21.0. The summed E-state index contributed by atoms with van der Waals surface area (Å²) in [5.74, 6) is -0.897. The van der Waals surface area contributed by atoms with Gasteiger partial charge in [0.2, 0.25) is 11.8 Å². The summed E-state index contributed by atoms with van der Waals surface area (Å²) in [5, 5.41) is 5.44. The number of fused-ring (bicyclic) bond motifs is 1. The fourth-order valence-corrected chi connectivity index (χ4v) is 2.85. The number of hydrogen-bond acceptors (Lipinski definition) is 4. The Hall–Kier alpha value is -3.68. The van der Waals surface area contributed by atoms with Crippen LogP contribution in [0.15, 0.2) is 48.5 Å². The molecular formula is C22H22FN3O4. The highest BCUT2D eigenvalue weighted by molar-refractivity contribution is 6.05. The summed E-state index contributed by atoms with van der Waals surface area (Å²) in [6.45, 7) is 2.19. The molecule has 3 amide bonds. The van der Waals surface area contributed by atoms with Crippen molar-refractivity contribution in [2.45, 2.75) is 13.3 Å². The second kappa shape index (κ2) is 9.69. The van der Waals surface area contributed by atoms with E-state index in [9.17, 15) is 18.8 Å². The highest BCUT2D eigenvalue weighted by Gasteiger charge is 2.27. The van der Waals surface area contributed by atoms with Crippen LogP contribution in [0.2, 0.25) is 0 Å². The number of amides is 3. The lowest BCUT2D eigenvalue weighted by atomic mass is 10.2. The van der Waals surface area contributed by atoms with Crippen LogP contribution in [-0.2, 0) is 14.4 Å². The molecule has 0 unspecified atom stereocenters. The number of halogens is 1. The number of nitrogens with one attached hydrogen (secondary N) is 2. The van der Waals surface area contributed by atoms with Crippen molar-refractivity contribution in [3.05, 3.63) is 59.9 Å². The highest BCUT2D eigenvalue weighted by atomic mass is 19.1. The zero-order valence-electron chi connectivity index (χ0n) is 16.5. The minimum atomic E-state index is -0.394. The maximum Gasteiger partial charge on any atom is 0.265 e. The molecule has 0 aromatic heterocycles. The second-order valence-corrected chi connectivity index (χ2v) is 6.68. The first-order valence-corrected chi connectivity index (χ1v) is 9.55. The quantitative estimate of drug-likeness (QED) is 0.686. The summed E-state index contributed by atoms with van der Waals surface area (Å²) < 4.78 is 18.4. The van der Waals surface area contributed by atoms with Crippen LogP contribution in [0.5, 0.6) is 5.75 Å². The van der Waals surface area contributed by atoms with Crippen LogP contribution in [-0.4, -0.2) is 37.4 Å². The fraction of sp³-hybridized carbons (Fsp3) is 0.227. The predicted molar refractivity (Wildman–Crippen MR) is 112 cm³/mol. The molecule has 3 rings (SSSR count). The van der Waals surface area contributed by atoms with Gasteiger partial charge in [-0.05, 0) is 48.4 Å². The molecular weight excluding hydrogens is 389 g/mol. The number of hydrogen-bond donors (Lipinski definition) is 2. The number of ether oxygens (including phenoxy) is 1. The number of carbonyl (C=O) groups excluding carboxylic acids is 3. The summed E-state index contributed by atoms with van der Waals surface area (Å²) in [7, 11) is 0. The molecule has 2 N–H and O–H groups in total. The zero-order chi connectivity index (χ0) is 21.5. The van der Waals surface area contributed by atoms with Crippen LogP contribution in [0, 0.1) is 5.82 Å². The Kier molecular flexibility index (Phi) is 6.79. The minimum absolute atomic E-state index is 0.128. The molecule has 1 aliphatic rings. The van der Waals surface area contributed by atoms with Gasteiger partial charge in [0.05, 0.1) is 5.69 Å². The Morgan fingerprint density at radius 1 is 1.20 bits per heavy atom. The molecule has 2 aromatic rings. The molecule has 1 aliphatic heterocycles. The molecule has 0 saturated carbocycles. The first-order chi connectivity index (χ1) is 14.5. The van der Waals surface area contributed by atoms with Crippen molar-refractivity contribution < 1.29 is 23.5 Å². The van der Waals surface area contributed by atoms with Crippen LogP contribution in [0.25, 0.3) is 6.08 Å². The van der Waals surface area contributed by atoms with E-state index < -0.39 is 5.91 Å². The van der Waals surface area contributed by atoms with E-state index >= 15 is 0 Å². The zero-order valence-corrected chi connectivity index (χ0v) is 16.5. The van der Waals surface area contributed by atoms with Gasteiger partial charge in [-0.25, -0.2) is 4.39 Å². The molecule has 8 heteroatoms. The molecule has 0 fully saturated rings. The van der Waals surface area contributed by atoms with Crippen molar-refractivity contribution in [2.24, 2.45) is 0 Å². The molecule has 0 radical (unpaired) electrons. The Morgan fingerprint density at radius 2 is 1.97 bits per heavy atom. The normalized spacial score (nSPS) is 13.0. The van der Waals surface area contributed by atoms with Gasteiger partial charge in [0, 0.05) is 18.3 Å². The Bertz CT molecular complexity index is 973. The number of carbonyl (C=O) groups is 3. The molecule has 0 spiro atoms. The number of rotatable bonds is 7. The molecule has 1 heterocycles. The van der Waals surface area contributed by atoms with Crippen LogP contribution >= 0.6 is 0 Å². The topological polar surface area (TPSA) is 87.7 Å². The van der Waals surface area contributed by atoms with E-state index in [0.717, 1.165) is 6.42 Å². The van der Waals surface area contributed by atoms with E-state index in [1.54, 1.807) is 36.4 Å². The maximum absolute atomic E-state index is 12.9. The average molecular weight is 411 g/mol. The SMILES string of the molecule is CCCNC(=O)CN1C(=O)COc2ccc(NC(=O)/C=C/c3ccc(F)cc3)cc21. The lowest BCUT2D eigenvalue weighted by Crippen LogP contribution is -2.45. The lowest BCUT2D eigenvalue weighted by Gasteiger charge is -2.29. The van der Waals surface area contributed by atoms with Gasteiger partial charge in [-0.3, -0.25) is 19.3 Å². The molecule has 0 atom stereocenters. The van der Waals surface area contributed by atoms with E-state index in [1.807, 2.05) is 6.92 Å². The Labute approximate surface area is 173 Å². The largest absolute Gasteiger partial charge is 0.482 e. The summed E-state index contributed by atoms with van der Waals surface area (Å²) in [6, 6.07) is 10.6. The highest BCUT2D eigenvalue weighted by Crippen LogP contribution is 2.34. The fourth-order valence-electron chi connectivity index (χ4n) is 2.85. The van der Waals surface area contributed by atoms with Crippen LogP contribution in [0.4, 0.5) is 15.8 Å². The van der Waals surface area contributed by atoms with Crippen molar-refractivity contribution in [1.82, 2.24) is 5.32 Å². The van der Waals surface area contributed by atoms with Crippen molar-refractivity contribution in [3.8, 4) is 5.75 Å². The van der Waals surface area contributed by atoms with Crippen molar-refractivity contribution in [3.63, 3.8) is 0 Å². The summed E-state index contributed by atoms with van der Waals surface area (Å²) in [6.07, 6.45) is 3.68. The molecule has 0 aliphatic carbocycles. The summed E-state index contributed by atoms with van der Waals surface area (Å²) in [5.41, 5.74) is 1.54. The van der Waals surface area contributed by atoms with Gasteiger partial charge in [0.15, 0.2) is 6.61 Å². The third kappa shape index (κ3) is 5.44. The molecule has 2 aromatic carbocycles. The third-order valence-electron chi connectivity index (χ3n) is 4.34. The summed E-state index contributed by atoms with van der Waals surface area (Å²) >= 11 is 0. The van der Waals surface area contributed by atoms with Gasteiger partial charge in [-0.15, -0.1) is 0 Å². The van der Waals surface area contributed by atoms with Crippen molar-refractivity contribution in [2.75, 3.05) is 29.9 Å². The van der Waals surface area contributed by atoms with Gasteiger partial charge in [0.1, 0.15) is 18.1 Å². The third-order valence-corrected chi connectivity index (χ3v) is 4.34. The Balaban J connectivity index is 1.71. The Morgan fingerprint density at radius 3 is 2.70 bits per heavy atom. The van der Waals surface area contributed by atoms with Gasteiger partial charge < -0.3 is 15.4 Å². The number of benzene rings is 2.